The monoisotopic (exact) mass is 773 g/mol. The van der Waals surface area contributed by atoms with Crippen LogP contribution in [0, 0.1) is 56.7 Å². The predicted molar refractivity (Wildman–Crippen MR) is 220 cm³/mol. The van der Waals surface area contributed by atoms with Crippen molar-refractivity contribution in [2.75, 3.05) is 46.6 Å². The topological polar surface area (TPSA) is 97.3 Å². The average molecular weight is 773 g/mol. The van der Waals surface area contributed by atoms with Gasteiger partial charge in [-0.25, -0.2) is 9.59 Å². The number of allylic oxidation sites excluding steroid dienone is 2. The van der Waals surface area contributed by atoms with Gasteiger partial charge in [0.2, 0.25) is 0 Å². The second-order valence-electron chi connectivity index (χ2n) is 21.2. The summed E-state index contributed by atoms with van der Waals surface area (Å²) in [5.74, 6) is 2.22. The Morgan fingerprint density at radius 3 is 2.16 bits per heavy atom. The van der Waals surface area contributed by atoms with Crippen molar-refractivity contribution in [3.63, 3.8) is 0 Å². The Labute approximate surface area is 337 Å². The van der Waals surface area contributed by atoms with Crippen LogP contribution in [0.4, 0.5) is 4.79 Å². The Morgan fingerprint density at radius 1 is 0.768 bits per heavy atom. The number of carboxylic acids is 1. The normalized spacial score (nSPS) is 39.7. The van der Waals surface area contributed by atoms with Gasteiger partial charge >= 0.3 is 12.0 Å². The van der Waals surface area contributed by atoms with Gasteiger partial charge in [-0.3, -0.25) is 0 Å². The van der Waals surface area contributed by atoms with Gasteiger partial charge in [0.25, 0.3) is 0 Å². The van der Waals surface area contributed by atoms with Gasteiger partial charge in [-0.2, -0.15) is 0 Å². The molecule has 1 aliphatic heterocycles. The first-order valence-electron chi connectivity index (χ1n) is 22.4. The second-order valence-corrected chi connectivity index (χ2v) is 21.2. The molecule has 1 aromatic carbocycles. The first-order chi connectivity index (χ1) is 26.6. The van der Waals surface area contributed by atoms with E-state index in [2.05, 4.69) is 57.8 Å². The Bertz CT molecular complexity index is 1660. The van der Waals surface area contributed by atoms with Crippen LogP contribution >= 0.6 is 0 Å². The number of piperidine rings is 1. The number of benzene rings is 1. The molecule has 8 nitrogen and oxygen atoms in total. The maximum atomic E-state index is 14.3. The smallest absolute Gasteiger partial charge is 0.335 e. The van der Waals surface area contributed by atoms with Crippen molar-refractivity contribution in [1.29, 1.82) is 0 Å². The first kappa shape index (κ1) is 40.4. The molecule has 1 heterocycles. The van der Waals surface area contributed by atoms with Crippen molar-refractivity contribution >= 4 is 17.6 Å². The SMILES string of the molecule is COCCOCCOC1CCN(C(=O)N[C@]23CC[C@@H](C4(C)CC4)[C@@H]2[C@H]2CC[C@@H]4[C@@]5(C)CC=C(c6ccc(C(=O)O)cc6)C(C)(C)[C@@H]5CC[C@@]4(C)[C@]2(C)CC3)CC1. The van der Waals surface area contributed by atoms with Crippen LogP contribution in [0.5, 0.6) is 0 Å². The highest BCUT2D eigenvalue weighted by Crippen LogP contribution is 2.78. The van der Waals surface area contributed by atoms with E-state index in [1.54, 1.807) is 19.2 Å². The second kappa shape index (κ2) is 14.7. The average Bonchev–Trinajstić information content (AvgIpc) is 3.80. The molecule has 0 unspecified atom stereocenters. The maximum Gasteiger partial charge on any atom is 0.335 e. The largest absolute Gasteiger partial charge is 0.478 e. The highest BCUT2D eigenvalue weighted by molar-refractivity contribution is 5.88. The summed E-state index contributed by atoms with van der Waals surface area (Å²) in [5.41, 5.74) is 3.94. The fraction of sp³-hybridized carbons (Fsp3) is 0.792. The minimum atomic E-state index is -0.868. The summed E-state index contributed by atoms with van der Waals surface area (Å²) in [5, 5.41) is 13.4. The molecule has 1 aromatic rings. The lowest BCUT2D eigenvalue weighted by Crippen LogP contribution is -2.69. The number of hydrogen-bond donors (Lipinski definition) is 2. The van der Waals surface area contributed by atoms with E-state index in [1.807, 2.05) is 12.1 Å². The molecule has 8 heteroatoms. The molecule has 0 aromatic heterocycles. The fourth-order valence-corrected chi connectivity index (χ4v) is 15.1. The van der Waals surface area contributed by atoms with Crippen LogP contribution < -0.4 is 5.32 Å². The van der Waals surface area contributed by atoms with Crippen molar-refractivity contribution in [3.05, 3.63) is 41.5 Å². The highest BCUT2D eigenvalue weighted by Gasteiger charge is 2.72. The molecule has 0 bridgehead atoms. The number of nitrogens with one attached hydrogen (secondary N) is 1. The van der Waals surface area contributed by atoms with Crippen LogP contribution in [0.1, 0.15) is 141 Å². The fourth-order valence-electron chi connectivity index (χ4n) is 15.1. The Balaban J connectivity index is 0.999. The Hall–Kier alpha value is -2.42. The van der Waals surface area contributed by atoms with E-state index in [4.69, 9.17) is 14.2 Å². The standard InChI is InChI=1S/C48H72N2O6/c1-43(2)35(32-8-10-33(11-9-32)41(51)52)14-19-45(4)38(43)16-20-47(6)39(45)13-12-37-40-36(44(3)22-23-44)15-21-48(40,25-24-46(37,47)5)49-42(53)50-26-17-34(18-27-50)56-31-30-55-29-28-54-7/h8-11,14,34,36-40H,12-13,15-31H2,1-7H3,(H,49,53)(H,51,52)/t36-,37-,38+,39-,40-,45+,46-,47-,48+/m1/s1. The molecule has 6 aliphatic carbocycles. The van der Waals surface area contributed by atoms with Gasteiger partial charge in [-0.05, 0) is 163 Å². The number of aromatic carboxylic acids is 1. The lowest BCUT2D eigenvalue weighted by Gasteiger charge is -2.72. The molecule has 9 atom stereocenters. The molecule has 310 valence electrons. The molecule has 5 saturated carbocycles. The summed E-state index contributed by atoms with van der Waals surface area (Å²) in [7, 11) is 1.68. The molecule has 0 spiro atoms. The van der Waals surface area contributed by atoms with E-state index >= 15 is 0 Å². The number of nitrogens with zero attached hydrogens (tertiary/aromatic N) is 1. The molecule has 6 fully saturated rings. The first-order valence-corrected chi connectivity index (χ1v) is 22.4. The van der Waals surface area contributed by atoms with Gasteiger partial charge in [-0.1, -0.05) is 59.8 Å². The van der Waals surface area contributed by atoms with Gasteiger partial charge < -0.3 is 29.5 Å². The lowest BCUT2D eigenvalue weighted by atomic mass is 9.32. The van der Waals surface area contributed by atoms with Crippen molar-refractivity contribution in [1.82, 2.24) is 10.2 Å². The Morgan fingerprint density at radius 2 is 1.48 bits per heavy atom. The van der Waals surface area contributed by atoms with E-state index in [1.165, 1.54) is 62.5 Å². The lowest BCUT2D eigenvalue weighted by molar-refractivity contribution is -0.221. The third kappa shape index (κ3) is 6.49. The zero-order valence-electron chi connectivity index (χ0n) is 35.7. The van der Waals surface area contributed by atoms with Crippen LogP contribution in [-0.2, 0) is 14.2 Å². The molecule has 2 N–H and O–H groups in total. The number of fused-ring (bicyclic) bond motifs is 7. The maximum absolute atomic E-state index is 14.3. The predicted octanol–water partition coefficient (Wildman–Crippen LogP) is 9.87. The number of ether oxygens (including phenoxy) is 3. The van der Waals surface area contributed by atoms with Crippen molar-refractivity contribution in [2.45, 2.75) is 137 Å². The zero-order valence-corrected chi connectivity index (χ0v) is 35.7. The number of hydrogen-bond acceptors (Lipinski definition) is 5. The van der Waals surface area contributed by atoms with Gasteiger partial charge in [-0.15, -0.1) is 0 Å². The van der Waals surface area contributed by atoms with E-state index in [0.29, 0.717) is 67.0 Å². The molecular weight excluding hydrogens is 701 g/mol. The van der Waals surface area contributed by atoms with Crippen LogP contribution in [0.15, 0.2) is 30.3 Å². The summed E-state index contributed by atoms with van der Waals surface area (Å²) in [4.78, 5) is 28.0. The summed E-state index contributed by atoms with van der Waals surface area (Å²) in [6, 6.07) is 7.77. The number of likely N-dealkylation sites (tertiary alicyclic amines) is 1. The minimum Gasteiger partial charge on any atom is -0.478 e. The Kier molecular flexibility index (Phi) is 10.6. The van der Waals surface area contributed by atoms with Crippen LogP contribution in [0.25, 0.3) is 5.57 Å². The summed E-state index contributed by atoms with van der Waals surface area (Å²) < 4.78 is 16.8. The molecular formula is C48H72N2O6. The molecule has 2 amide bonds. The van der Waals surface area contributed by atoms with Gasteiger partial charge in [0.1, 0.15) is 0 Å². The quantitative estimate of drug-likeness (QED) is 0.218. The summed E-state index contributed by atoms with van der Waals surface area (Å²) in [6.45, 7) is 19.5. The van der Waals surface area contributed by atoms with Gasteiger partial charge in [0.15, 0.2) is 0 Å². The van der Waals surface area contributed by atoms with Crippen LogP contribution in [0.3, 0.4) is 0 Å². The number of rotatable bonds is 11. The number of urea groups is 1. The molecule has 56 heavy (non-hydrogen) atoms. The van der Waals surface area contributed by atoms with Crippen molar-refractivity contribution < 1.29 is 28.9 Å². The molecule has 8 rings (SSSR count). The van der Waals surface area contributed by atoms with E-state index in [9.17, 15) is 14.7 Å². The number of carboxylic acid groups (broad SMARTS) is 1. The number of methoxy groups -OCH3 is 1. The van der Waals surface area contributed by atoms with Crippen molar-refractivity contribution in [3.8, 4) is 0 Å². The van der Waals surface area contributed by atoms with Gasteiger partial charge in [0, 0.05) is 25.7 Å². The van der Waals surface area contributed by atoms with Gasteiger partial charge in [0.05, 0.1) is 38.1 Å². The van der Waals surface area contributed by atoms with Crippen molar-refractivity contribution in [2.24, 2.45) is 56.7 Å². The van der Waals surface area contributed by atoms with E-state index in [-0.39, 0.29) is 39.3 Å². The van der Waals surface area contributed by atoms with Crippen LogP contribution in [-0.4, -0.2) is 80.3 Å². The number of carbonyl (C=O) groups excluding carboxylic acids is 1. The minimum absolute atomic E-state index is 0.000964. The third-order valence-corrected chi connectivity index (χ3v) is 18.5. The molecule has 7 aliphatic rings. The summed E-state index contributed by atoms with van der Waals surface area (Å²) in [6.07, 6.45) is 18.0. The molecule has 0 radical (unpaired) electrons. The van der Waals surface area contributed by atoms with E-state index < -0.39 is 5.97 Å². The summed E-state index contributed by atoms with van der Waals surface area (Å²) >= 11 is 0. The third-order valence-electron chi connectivity index (χ3n) is 18.5. The van der Waals surface area contributed by atoms with E-state index in [0.717, 1.165) is 45.2 Å². The zero-order chi connectivity index (χ0) is 39.7. The number of carbonyl (C=O) groups is 2. The number of amides is 2. The molecule has 1 saturated heterocycles. The highest BCUT2D eigenvalue weighted by atomic mass is 16.5. The van der Waals surface area contributed by atoms with Crippen LogP contribution in [0.2, 0.25) is 0 Å².